The fourth-order valence-corrected chi connectivity index (χ4v) is 1.09. The Balaban J connectivity index is 2.81. The van der Waals surface area contributed by atoms with E-state index in [1.54, 1.807) is 6.08 Å². The van der Waals surface area contributed by atoms with E-state index in [4.69, 9.17) is 23.4 Å². The Hall–Kier alpha value is -0.470. The molecule has 0 aromatic rings. The van der Waals surface area contributed by atoms with E-state index >= 15 is 0 Å². The third-order valence-electron chi connectivity index (χ3n) is 1.14. The molecule has 1 aliphatic rings. The van der Waals surface area contributed by atoms with E-state index in [1.165, 1.54) is 10.6 Å². The average Bonchev–Trinajstić information content (AvgIpc) is 1.88. The predicted molar refractivity (Wildman–Crippen MR) is 40.6 cm³/mol. The van der Waals surface area contributed by atoms with Crippen LogP contribution in [0.3, 0.4) is 0 Å². The summed E-state index contributed by atoms with van der Waals surface area (Å²) in [5.74, 6) is 0. The Bertz CT molecular complexity index is 210. The molecule has 10 heavy (non-hydrogen) atoms. The molecule has 0 spiro atoms. The maximum Gasteiger partial charge on any atom is 0.151 e. The zero-order valence-corrected chi connectivity index (χ0v) is 6.56. The molecule has 0 aliphatic carbocycles. The van der Waals surface area contributed by atoms with Crippen molar-refractivity contribution in [1.82, 2.24) is 4.42 Å². The third kappa shape index (κ3) is 1.52. The van der Waals surface area contributed by atoms with Gasteiger partial charge in [-0.25, -0.2) is 0 Å². The first-order valence-corrected chi connectivity index (χ1v) is 3.41. The maximum absolute atomic E-state index is 10.2. The fraction of sp³-hybridized carbons (Fsp3) is 0.167. The maximum atomic E-state index is 10.2. The van der Waals surface area contributed by atoms with Crippen LogP contribution in [0.15, 0.2) is 22.9 Å². The van der Waals surface area contributed by atoms with Crippen molar-refractivity contribution >= 4 is 29.7 Å². The molecule has 0 unspecified atom stereocenters. The Morgan fingerprint density at radius 2 is 2.40 bits per heavy atom. The minimum Gasteiger partial charge on any atom is -0.298 e. The summed E-state index contributed by atoms with van der Waals surface area (Å²) in [6, 6.07) is 0. The minimum absolute atomic E-state index is 0.385. The second-order valence-corrected chi connectivity index (χ2v) is 2.68. The summed E-state index contributed by atoms with van der Waals surface area (Å²) in [6.07, 6.45) is 3.89. The van der Waals surface area contributed by atoms with Gasteiger partial charge in [0.2, 0.25) is 0 Å². The summed E-state index contributed by atoms with van der Waals surface area (Å²) in [7, 11) is 0. The molecule has 0 fully saturated rings. The monoisotopic (exact) mass is 177 g/mol. The van der Waals surface area contributed by atoms with Gasteiger partial charge < -0.3 is 0 Å². The quantitative estimate of drug-likeness (QED) is 0.449. The molecular weight excluding hydrogens is 173 g/mol. The average molecular weight is 178 g/mol. The van der Waals surface area contributed by atoms with Crippen LogP contribution < -0.4 is 0 Å². The van der Waals surface area contributed by atoms with Crippen molar-refractivity contribution in [2.75, 3.05) is 6.54 Å². The van der Waals surface area contributed by atoms with E-state index in [9.17, 15) is 4.79 Å². The van der Waals surface area contributed by atoms with Gasteiger partial charge in [0.15, 0.2) is 6.29 Å². The van der Waals surface area contributed by atoms with E-state index in [0.29, 0.717) is 23.4 Å². The van der Waals surface area contributed by atoms with Crippen molar-refractivity contribution in [3.8, 4) is 0 Å². The molecule has 0 saturated carbocycles. The molecule has 4 heteroatoms. The summed E-state index contributed by atoms with van der Waals surface area (Å²) in [5.41, 5.74) is 0.499. The molecule has 0 saturated heterocycles. The van der Waals surface area contributed by atoms with Gasteiger partial charge in [-0.05, 0) is 0 Å². The molecule has 1 aliphatic heterocycles. The fourth-order valence-electron chi connectivity index (χ4n) is 0.638. The minimum atomic E-state index is 0.385. The summed E-state index contributed by atoms with van der Waals surface area (Å²) >= 11 is 11.2. The van der Waals surface area contributed by atoms with Crippen molar-refractivity contribution in [3.05, 3.63) is 22.9 Å². The number of halogens is 2. The van der Waals surface area contributed by atoms with Crippen molar-refractivity contribution < 1.29 is 4.79 Å². The Morgan fingerprint density at radius 1 is 1.70 bits per heavy atom. The lowest BCUT2D eigenvalue weighted by Crippen LogP contribution is -2.10. The number of hydrogen-bond donors (Lipinski definition) is 0. The summed E-state index contributed by atoms with van der Waals surface area (Å²) < 4.78 is 1.38. The highest BCUT2D eigenvalue weighted by molar-refractivity contribution is 6.34. The first-order chi connectivity index (χ1) is 4.74. The lowest BCUT2D eigenvalue weighted by atomic mass is 10.2. The van der Waals surface area contributed by atoms with Crippen LogP contribution in [0.2, 0.25) is 0 Å². The normalized spacial score (nSPS) is 18.0. The van der Waals surface area contributed by atoms with Gasteiger partial charge >= 0.3 is 0 Å². The van der Waals surface area contributed by atoms with Crippen LogP contribution in [0.25, 0.3) is 0 Å². The second kappa shape index (κ2) is 3.08. The lowest BCUT2D eigenvalue weighted by molar-refractivity contribution is -0.104. The highest BCUT2D eigenvalue weighted by atomic mass is 35.5. The molecular formula is C6H5Cl2NO. The van der Waals surface area contributed by atoms with Gasteiger partial charge in [0.05, 0.1) is 11.6 Å². The van der Waals surface area contributed by atoms with Crippen LogP contribution in [0, 0.1) is 0 Å². The molecule has 54 valence electrons. The zero-order valence-electron chi connectivity index (χ0n) is 5.05. The summed E-state index contributed by atoms with van der Waals surface area (Å²) in [6.45, 7) is 0.520. The van der Waals surface area contributed by atoms with E-state index in [2.05, 4.69) is 0 Å². The largest absolute Gasteiger partial charge is 0.298 e. The molecule has 0 atom stereocenters. The van der Waals surface area contributed by atoms with Gasteiger partial charge in [-0.15, -0.1) is 0 Å². The van der Waals surface area contributed by atoms with Gasteiger partial charge in [-0.3, -0.25) is 9.21 Å². The number of hydrogen-bond acceptors (Lipinski definition) is 2. The molecule has 1 rings (SSSR count). The van der Waals surface area contributed by atoms with Crippen molar-refractivity contribution in [2.24, 2.45) is 0 Å². The standard InChI is InChI=1S/C6H5Cl2NO/c7-6-3-9(8)2-1-5(6)4-10/h1,3-4H,2H2. The van der Waals surface area contributed by atoms with Crippen LogP contribution in [-0.2, 0) is 4.79 Å². The highest BCUT2D eigenvalue weighted by Gasteiger charge is 2.07. The lowest BCUT2D eigenvalue weighted by Gasteiger charge is -2.13. The molecule has 0 aromatic heterocycles. The predicted octanol–water partition coefficient (Wildman–Crippen LogP) is 1.66. The molecule has 0 radical (unpaired) electrons. The molecule has 2 nitrogen and oxygen atoms in total. The van der Waals surface area contributed by atoms with Crippen LogP contribution in [-0.4, -0.2) is 17.2 Å². The number of rotatable bonds is 1. The van der Waals surface area contributed by atoms with Crippen LogP contribution >= 0.6 is 23.4 Å². The zero-order chi connectivity index (χ0) is 7.56. The molecule has 1 heterocycles. The summed E-state index contributed by atoms with van der Waals surface area (Å²) in [5, 5.41) is 0.385. The third-order valence-corrected chi connectivity index (χ3v) is 1.69. The van der Waals surface area contributed by atoms with Crippen molar-refractivity contribution in [3.63, 3.8) is 0 Å². The van der Waals surface area contributed by atoms with Gasteiger partial charge in [0, 0.05) is 23.5 Å². The van der Waals surface area contributed by atoms with Crippen LogP contribution in [0.4, 0.5) is 0 Å². The number of carbonyl (C=O) groups excluding carboxylic acids is 1. The molecule has 0 N–H and O–H groups in total. The first kappa shape index (κ1) is 7.63. The van der Waals surface area contributed by atoms with Crippen molar-refractivity contribution in [2.45, 2.75) is 0 Å². The van der Waals surface area contributed by atoms with Crippen LogP contribution in [0.1, 0.15) is 0 Å². The molecule has 0 bridgehead atoms. The highest BCUT2D eigenvalue weighted by Crippen LogP contribution is 2.18. The van der Waals surface area contributed by atoms with Crippen molar-refractivity contribution in [1.29, 1.82) is 0 Å². The Kier molecular flexibility index (Phi) is 2.35. The molecule has 0 amide bonds. The van der Waals surface area contributed by atoms with Gasteiger partial charge in [0.1, 0.15) is 0 Å². The smallest absolute Gasteiger partial charge is 0.151 e. The van der Waals surface area contributed by atoms with E-state index in [-0.39, 0.29) is 0 Å². The molecule has 0 aromatic carbocycles. The topological polar surface area (TPSA) is 20.3 Å². The van der Waals surface area contributed by atoms with Crippen LogP contribution in [0.5, 0.6) is 0 Å². The Morgan fingerprint density at radius 3 is 2.90 bits per heavy atom. The first-order valence-electron chi connectivity index (χ1n) is 2.69. The van der Waals surface area contributed by atoms with E-state index in [0.717, 1.165) is 0 Å². The number of nitrogens with zero attached hydrogens (tertiary/aromatic N) is 1. The van der Waals surface area contributed by atoms with Gasteiger partial charge in [-0.2, -0.15) is 0 Å². The number of aldehydes is 1. The SMILES string of the molecule is O=CC1=CCN(Cl)C=C1Cl. The second-order valence-electron chi connectivity index (χ2n) is 1.84. The Labute approximate surface area is 68.8 Å². The number of carbonyl (C=O) groups is 1. The van der Waals surface area contributed by atoms with Gasteiger partial charge in [0.25, 0.3) is 0 Å². The van der Waals surface area contributed by atoms with E-state index < -0.39 is 0 Å². The van der Waals surface area contributed by atoms with E-state index in [1.807, 2.05) is 0 Å². The van der Waals surface area contributed by atoms with Gasteiger partial charge in [-0.1, -0.05) is 17.7 Å². The summed E-state index contributed by atoms with van der Waals surface area (Å²) in [4.78, 5) is 10.2. The number of allylic oxidation sites excluding steroid dienone is 2.